The minimum Gasteiger partial charge on any atom is -0.302 e. The van der Waals surface area contributed by atoms with Gasteiger partial charge in [0.15, 0.2) is 0 Å². The van der Waals surface area contributed by atoms with Crippen LogP contribution in [0.15, 0.2) is 42.7 Å². The lowest BCUT2D eigenvalue weighted by Gasteiger charge is -2.22. The van der Waals surface area contributed by atoms with E-state index >= 15 is 0 Å². The number of hydrogen-bond donors (Lipinski definition) is 1. The molecule has 0 saturated carbocycles. The van der Waals surface area contributed by atoms with E-state index in [1.807, 2.05) is 0 Å². The van der Waals surface area contributed by atoms with Crippen molar-refractivity contribution in [3.8, 4) is 0 Å². The Bertz CT molecular complexity index is 534. The molecular weight excluding hydrogens is 267 g/mol. The molecule has 1 N–H and O–H groups in total. The predicted octanol–water partition coefficient (Wildman–Crippen LogP) is 2.86. The fraction of sp³-hybridized carbons (Fsp3) is 0.357. The molecule has 0 aliphatic carbocycles. The van der Waals surface area contributed by atoms with Gasteiger partial charge in [-0.05, 0) is 17.5 Å². The molecule has 0 fully saturated rings. The zero-order valence-corrected chi connectivity index (χ0v) is 11.1. The van der Waals surface area contributed by atoms with E-state index in [4.69, 9.17) is 0 Å². The van der Waals surface area contributed by atoms with Crippen molar-refractivity contribution in [1.82, 2.24) is 15.1 Å². The van der Waals surface area contributed by atoms with Gasteiger partial charge in [-0.2, -0.15) is 18.3 Å². The predicted molar refractivity (Wildman–Crippen MR) is 70.2 cm³/mol. The smallest absolute Gasteiger partial charge is 0.302 e. The van der Waals surface area contributed by atoms with E-state index in [0.717, 1.165) is 5.56 Å². The van der Waals surface area contributed by atoms with Gasteiger partial charge < -0.3 is 5.32 Å². The van der Waals surface area contributed by atoms with Crippen molar-refractivity contribution in [3.05, 3.63) is 53.9 Å². The number of aromatic nitrogens is 2. The Balaban J connectivity index is 1.99. The molecule has 0 saturated heterocycles. The number of aryl methyl sites for hydroxylation is 1. The number of benzene rings is 1. The summed E-state index contributed by atoms with van der Waals surface area (Å²) in [7, 11) is 1.78. The van der Waals surface area contributed by atoms with E-state index in [1.54, 1.807) is 42.3 Å². The van der Waals surface area contributed by atoms with Crippen LogP contribution in [0.4, 0.5) is 13.2 Å². The number of nitrogens with zero attached hydrogens (tertiary/aromatic N) is 2. The highest BCUT2D eigenvalue weighted by molar-refractivity contribution is 5.20. The molecule has 2 aromatic rings. The fourth-order valence-electron chi connectivity index (χ4n) is 2.03. The molecule has 0 aliphatic rings. The van der Waals surface area contributed by atoms with Crippen molar-refractivity contribution in [1.29, 1.82) is 0 Å². The van der Waals surface area contributed by atoms with E-state index < -0.39 is 12.2 Å². The Labute approximate surface area is 115 Å². The maximum Gasteiger partial charge on any atom is 0.407 e. The first-order valence-electron chi connectivity index (χ1n) is 6.29. The van der Waals surface area contributed by atoms with Gasteiger partial charge in [-0.1, -0.05) is 30.3 Å². The summed E-state index contributed by atoms with van der Waals surface area (Å²) in [6.45, 7) is 0.241. The van der Waals surface area contributed by atoms with Crippen LogP contribution in [0.2, 0.25) is 0 Å². The van der Waals surface area contributed by atoms with E-state index in [1.165, 1.54) is 12.1 Å². The normalized spacial score (nSPS) is 13.4. The summed E-state index contributed by atoms with van der Waals surface area (Å²) in [6, 6.07) is 6.24. The van der Waals surface area contributed by atoms with Gasteiger partial charge >= 0.3 is 6.18 Å². The Morgan fingerprint density at radius 2 is 1.95 bits per heavy atom. The van der Waals surface area contributed by atoms with Crippen LogP contribution >= 0.6 is 0 Å². The second kappa shape index (κ2) is 6.09. The summed E-state index contributed by atoms with van der Waals surface area (Å²) in [5.74, 6) is 0. The molecule has 3 nitrogen and oxygen atoms in total. The SMILES string of the molecule is Cn1cc(CCNC(c2ccccc2)C(F)(F)F)cn1. The summed E-state index contributed by atoms with van der Waals surface area (Å²) in [5, 5.41) is 6.56. The molecule has 108 valence electrons. The van der Waals surface area contributed by atoms with Gasteiger partial charge in [-0.15, -0.1) is 0 Å². The second-order valence-electron chi connectivity index (χ2n) is 4.61. The molecular formula is C14H16F3N3. The third kappa shape index (κ3) is 3.84. The fourth-order valence-corrected chi connectivity index (χ4v) is 2.03. The monoisotopic (exact) mass is 283 g/mol. The summed E-state index contributed by atoms with van der Waals surface area (Å²) in [4.78, 5) is 0. The van der Waals surface area contributed by atoms with Gasteiger partial charge in [-0.3, -0.25) is 4.68 Å². The molecule has 1 heterocycles. The van der Waals surface area contributed by atoms with Crippen molar-refractivity contribution in [3.63, 3.8) is 0 Å². The zero-order chi connectivity index (χ0) is 14.6. The highest BCUT2D eigenvalue weighted by Gasteiger charge is 2.40. The average Bonchev–Trinajstić information content (AvgIpc) is 2.80. The van der Waals surface area contributed by atoms with Crippen LogP contribution in [0.5, 0.6) is 0 Å². The minimum absolute atomic E-state index is 0.228. The van der Waals surface area contributed by atoms with Crippen molar-refractivity contribution < 1.29 is 13.2 Å². The molecule has 1 atom stereocenters. The van der Waals surface area contributed by atoms with Crippen LogP contribution in [0.1, 0.15) is 17.2 Å². The van der Waals surface area contributed by atoms with Crippen LogP contribution in [-0.2, 0) is 13.5 Å². The zero-order valence-electron chi connectivity index (χ0n) is 11.1. The van der Waals surface area contributed by atoms with Crippen LogP contribution in [0.25, 0.3) is 0 Å². The Hall–Kier alpha value is -1.82. The van der Waals surface area contributed by atoms with Gasteiger partial charge in [0.2, 0.25) is 0 Å². The Morgan fingerprint density at radius 3 is 2.50 bits per heavy atom. The number of hydrogen-bond acceptors (Lipinski definition) is 2. The second-order valence-corrected chi connectivity index (χ2v) is 4.61. The number of nitrogens with one attached hydrogen (secondary N) is 1. The van der Waals surface area contributed by atoms with Crippen LogP contribution in [0, 0.1) is 0 Å². The standard InChI is InChI=1S/C14H16F3N3/c1-20-10-11(9-19-20)7-8-18-13(14(15,16)17)12-5-3-2-4-6-12/h2-6,9-10,13,18H,7-8H2,1H3. The van der Waals surface area contributed by atoms with Gasteiger partial charge in [-0.25, -0.2) is 0 Å². The Morgan fingerprint density at radius 1 is 1.25 bits per heavy atom. The maximum atomic E-state index is 13.1. The lowest BCUT2D eigenvalue weighted by molar-refractivity contribution is -0.157. The molecule has 0 amide bonds. The van der Waals surface area contributed by atoms with Crippen molar-refractivity contribution in [2.75, 3.05) is 6.54 Å². The molecule has 1 aromatic carbocycles. The Kier molecular flexibility index (Phi) is 4.44. The molecule has 1 aromatic heterocycles. The first-order valence-corrected chi connectivity index (χ1v) is 6.29. The quantitative estimate of drug-likeness (QED) is 0.914. The lowest BCUT2D eigenvalue weighted by atomic mass is 10.1. The third-order valence-electron chi connectivity index (χ3n) is 2.98. The molecule has 0 radical (unpaired) electrons. The molecule has 1 unspecified atom stereocenters. The minimum atomic E-state index is -4.31. The van der Waals surface area contributed by atoms with Crippen LogP contribution < -0.4 is 5.32 Å². The summed E-state index contributed by atoms with van der Waals surface area (Å²) in [5.41, 5.74) is 1.14. The van der Waals surface area contributed by atoms with E-state index in [0.29, 0.717) is 6.42 Å². The molecule has 0 aliphatic heterocycles. The van der Waals surface area contributed by atoms with E-state index in [9.17, 15) is 13.2 Å². The maximum absolute atomic E-state index is 13.1. The molecule has 0 spiro atoms. The van der Waals surface area contributed by atoms with Crippen LogP contribution in [0.3, 0.4) is 0 Å². The van der Waals surface area contributed by atoms with Gasteiger partial charge in [0.05, 0.1) is 6.20 Å². The number of alkyl halides is 3. The summed E-state index contributed by atoms with van der Waals surface area (Å²) >= 11 is 0. The molecule has 2 rings (SSSR count). The third-order valence-corrected chi connectivity index (χ3v) is 2.98. The average molecular weight is 283 g/mol. The van der Waals surface area contributed by atoms with E-state index in [-0.39, 0.29) is 12.1 Å². The van der Waals surface area contributed by atoms with E-state index in [2.05, 4.69) is 10.4 Å². The highest BCUT2D eigenvalue weighted by atomic mass is 19.4. The molecule has 6 heteroatoms. The molecule has 0 bridgehead atoms. The summed E-state index contributed by atoms with van der Waals surface area (Å²) in [6.07, 6.45) is -0.344. The largest absolute Gasteiger partial charge is 0.407 e. The van der Waals surface area contributed by atoms with Crippen molar-refractivity contribution in [2.45, 2.75) is 18.6 Å². The lowest BCUT2D eigenvalue weighted by Crippen LogP contribution is -2.35. The summed E-state index contributed by atoms with van der Waals surface area (Å²) < 4.78 is 40.8. The molecule has 20 heavy (non-hydrogen) atoms. The van der Waals surface area contributed by atoms with Crippen molar-refractivity contribution in [2.24, 2.45) is 7.05 Å². The van der Waals surface area contributed by atoms with Gasteiger partial charge in [0.1, 0.15) is 6.04 Å². The van der Waals surface area contributed by atoms with Crippen LogP contribution in [-0.4, -0.2) is 22.5 Å². The number of rotatable bonds is 5. The highest BCUT2D eigenvalue weighted by Crippen LogP contribution is 2.32. The first-order chi connectivity index (χ1) is 9.47. The number of halogens is 3. The topological polar surface area (TPSA) is 29.9 Å². The van der Waals surface area contributed by atoms with Gasteiger partial charge in [0.25, 0.3) is 0 Å². The van der Waals surface area contributed by atoms with Crippen molar-refractivity contribution >= 4 is 0 Å². The van der Waals surface area contributed by atoms with Gasteiger partial charge in [0, 0.05) is 19.8 Å². The first kappa shape index (κ1) is 14.6.